The van der Waals surface area contributed by atoms with Gasteiger partial charge >= 0.3 is 0 Å². The number of anilines is 3. The zero-order chi connectivity index (χ0) is 28.2. The third-order valence-corrected chi connectivity index (χ3v) is 8.08. The predicted molar refractivity (Wildman–Crippen MR) is 171 cm³/mol. The first kappa shape index (κ1) is 24.2. The van der Waals surface area contributed by atoms with Crippen molar-refractivity contribution in [1.29, 1.82) is 0 Å². The Hall–Kier alpha value is -5.62. The Balaban J connectivity index is 1.42. The van der Waals surface area contributed by atoms with Gasteiger partial charge in [0.15, 0.2) is 0 Å². The normalized spacial score (nSPS) is 13.4. The molecule has 42 heavy (non-hydrogen) atoms. The fourth-order valence-electron chi connectivity index (χ4n) is 6.18. The van der Waals surface area contributed by atoms with Crippen LogP contribution in [0.1, 0.15) is 22.3 Å². The molecule has 0 amide bonds. The lowest BCUT2D eigenvalue weighted by atomic mass is 9.92. The maximum absolute atomic E-state index is 5.80. The lowest BCUT2D eigenvalue weighted by molar-refractivity contribution is 0.419. The Kier molecular flexibility index (Phi) is 5.47. The zero-order valence-corrected chi connectivity index (χ0v) is 23.1. The van der Waals surface area contributed by atoms with Crippen LogP contribution < -0.4 is 19.9 Å². The van der Waals surface area contributed by atoms with Crippen molar-refractivity contribution in [2.75, 3.05) is 24.7 Å². The second-order valence-corrected chi connectivity index (χ2v) is 10.3. The second kappa shape index (κ2) is 9.49. The van der Waals surface area contributed by atoms with Crippen LogP contribution in [-0.4, -0.2) is 25.6 Å². The summed E-state index contributed by atoms with van der Waals surface area (Å²) >= 11 is 0. The maximum Gasteiger partial charge on any atom is 0.126 e. The summed E-state index contributed by atoms with van der Waals surface area (Å²) in [5.41, 5.74) is 12.1. The number of hydrogen-bond acceptors (Lipinski definition) is 6. The first-order valence-corrected chi connectivity index (χ1v) is 13.8. The van der Waals surface area contributed by atoms with E-state index in [1.165, 1.54) is 0 Å². The molecule has 0 radical (unpaired) electrons. The number of hydrogen-bond donors (Lipinski definition) is 1. The molecule has 2 heterocycles. The highest BCUT2D eigenvalue weighted by atomic mass is 16.5. The molecular formula is C36H26N4O2. The van der Waals surface area contributed by atoms with E-state index >= 15 is 0 Å². The minimum atomic E-state index is 0.807. The molecule has 2 aliphatic rings. The van der Waals surface area contributed by atoms with E-state index in [4.69, 9.17) is 19.7 Å². The van der Waals surface area contributed by atoms with Crippen molar-refractivity contribution >= 4 is 50.0 Å². The number of nitrogens with one attached hydrogen (secondary N) is 1. The van der Waals surface area contributed by atoms with E-state index in [0.29, 0.717) is 0 Å². The van der Waals surface area contributed by atoms with Crippen LogP contribution in [0, 0.1) is 0 Å². The number of ether oxygens (including phenoxy) is 2. The molecule has 0 aromatic heterocycles. The highest BCUT2D eigenvalue weighted by Gasteiger charge is 2.29. The first-order chi connectivity index (χ1) is 20.8. The van der Waals surface area contributed by atoms with Gasteiger partial charge in [-0.05, 0) is 42.5 Å². The van der Waals surface area contributed by atoms with E-state index in [-0.39, 0.29) is 0 Å². The topological polar surface area (TPSA) is 58.5 Å². The number of nitrogens with zero attached hydrogens (tertiary/aromatic N) is 3. The highest BCUT2D eigenvalue weighted by Crippen LogP contribution is 2.48. The Bertz CT molecular complexity index is 2090. The van der Waals surface area contributed by atoms with Crippen molar-refractivity contribution in [2.45, 2.75) is 0 Å². The second-order valence-electron chi connectivity index (χ2n) is 10.3. The molecule has 0 bridgehead atoms. The lowest BCUT2D eigenvalue weighted by Gasteiger charge is -2.31. The fraction of sp³-hybridized carbons (Fsp3) is 0.0556. The average Bonchev–Trinajstić information content (AvgIpc) is 3.06. The van der Waals surface area contributed by atoms with Crippen LogP contribution in [0.3, 0.4) is 0 Å². The predicted octanol–water partition coefficient (Wildman–Crippen LogP) is 8.09. The molecule has 6 heteroatoms. The van der Waals surface area contributed by atoms with Crippen LogP contribution in [0.25, 0.3) is 21.5 Å². The van der Waals surface area contributed by atoms with E-state index in [9.17, 15) is 0 Å². The van der Waals surface area contributed by atoms with Crippen LogP contribution >= 0.6 is 0 Å². The summed E-state index contributed by atoms with van der Waals surface area (Å²) in [7, 11) is 3.42. The Morgan fingerprint density at radius 3 is 1.83 bits per heavy atom. The molecule has 8 rings (SSSR count). The monoisotopic (exact) mass is 546 g/mol. The molecule has 1 N–H and O–H groups in total. The van der Waals surface area contributed by atoms with Crippen molar-refractivity contribution in [2.24, 2.45) is 10.2 Å². The largest absolute Gasteiger partial charge is 0.496 e. The van der Waals surface area contributed by atoms with E-state index in [1.807, 2.05) is 53.5 Å². The van der Waals surface area contributed by atoms with Crippen molar-refractivity contribution in [1.82, 2.24) is 0 Å². The van der Waals surface area contributed by atoms with Gasteiger partial charge in [-0.15, -0.1) is 0 Å². The van der Waals surface area contributed by atoms with Gasteiger partial charge in [0.2, 0.25) is 0 Å². The van der Waals surface area contributed by atoms with Crippen LogP contribution in [0.4, 0.5) is 17.1 Å². The average molecular weight is 547 g/mol. The molecular weight excluding hydrogens is 520 g/mol. The van der Waals surface area contributed by atoms with E-state index in [1.54, 1.807) is 14.2 Å². The summed E-state index contributed by atoms with van der Waals surface area (Å²) in [6.07, 6.45) is 0. The zero-order valence-electron chi connectivity index (χ0n) is 23.1. The summed E-state index contributed by atoms with van der Waals surface area (Å²) < 4.78 is 11.6. The van der Waals surface area contributed by atoms with E-state index in [2.05, 4.69) is 72.2 Å². The molecule has 6 aromatic rings. The van der Waals surface area contributed by atoms with Gasteiger partial charge in [0, 0.05) is 43.8 Å². The highest BCUT2D eigenvalue weighted by molar-refractivity contribution is 6.27. The quantitative estimate of drug-likeness (QED) is 0.237. The van der Waals surface area contributed by atoms with Crippen molar-refractivity contribution < 1.29 is 9.47 Å². The molecule has 0 atom stereocenters. The third kappa shape index (κ3) is 3.52. The molecule has 0 unspecified atom stereocenters. The fourth-order valence-corrected chi connectivity index (χ4v) is 6.18. The molecule has 2 aliphatic heterocycles. The van der Waals surface area contributed by atoms with Crippen LogP contribution in [0.5, 0.6) is 11.5 Å². The van der Waals surface area contributed by atoms with Gasteiger partial charge in [0.05, 0.1) is 42.7 Å². The molecule has 0 fully saturated rings. The van der Waals surface area contributed by atoms with Gasteiger partial charge in [-0.2, -0.15) is 10.2 Å². The molecule has 0 saturated carbocycles. The van der Waals surface area contributed by atoms with Crippen molar-refractivity contribution in [3.63, 3.8) is 0 Å². The molecule has 0 aliphatic carbocycles. The summed E-state index contributed by atoms with van der Waals surface area (Å²) in [4.78, 5) is 0. The van der Waals surface area contributed by atoms with E-state index < -0.39 is 0 Å². The Labute approximate surface area is 243 Å². The molecule has 202 valence electrons. The molecule has 6 nitrogen and oxygen atoms in total. The minimum absolute atomic E-state index is 0.807. The summed E-state index contributed by atoms with van der Waals surface area (Å²) in [5, 5.41) is 16.4. The van der Waals surface area contributed by atoms with E-state index in [0.717, 1.165) is 83.8 Å². The molecule has 6 aromatic carbocycles. The van der Waals surface area contributed by atoms with Crippen LogP contribution in [-0.2, 0) is 0 Å². The van der Waals surface area contributed by atoms with Gasteiger partial charge in [0.25, 0.3) is 0 Å². The van der Waals surface area contributed by atoms with Gasteiger partial charge in [-0.3, -0.25) is 5.43 Å². The van der Waals surface area contributed by atoms with Gasteiger partial charge < -0.3 is 9.47 Å². The number of hydrazone groups is 2. The maximum atomic E-state index is 5.80. The SMILES string of the molecule is COc1ccc2c3c(cccc13)N(c1ccc3c(OC)ccc4c3c1NN=C4c1ccccc1)N=C2c1ccccc1. The smallest absolute Gasteiger partial charge is 0.126 e. The summed E-state index contributed by atoms with van der Waals surface area (Å²) in [6, 6.07) is 39.3. The minimum Gasteiger partial charge on any atom is -0.496 e. The molecule has 0 saturated heterocycles. The molecule has 0 spiro atoms. The van der Waals surface area contributed by atoms with Crippen molar-refractivity contribution in [3.8, 4) is 11.5 Å². The first-order valence-electron chi connectivity index (χ1n) is 13.8. The Morgan fingerprint density at radius 1 is 0.548 bits per heavy atom. The number of benzene rings is 6. The third-order valence-electron chi connectivity index (χ3n) is 8.08. The lowest BCUT2D eigenvalue weighted by Crippen LogP contribution is -2.22. The van der Waals surface area contributed by atoms with Crippen LogP contribution in [0.15, 0.2) is 125 Å². The summed E-state index contributed by atoms with van der Waals surface area (Å²) in [5.74, 6) is 1.63. The Morgan fingerprint density at radius 2 is 1.17 bits per heavy atom. The van der Waals surface area contributed by atoms with Crippen LogP contribution in [0.2, 0.25) is 0 Å². The van der Waals surface area contributed by atoms with Gasteiger partial charge in [0.1, 0.15) is 11.5 Å². The van der Waals surface area contributed by atoms with Gasteiger partial charge in [-0.1, -0.05) is 72.8 Å². The van der Waals surface area contributed by atoms with Gasteiger partial charge in [-0.25, -0.2) is 5.01 Å². The summed E-state index contributed by atoms with van der Waals surface area (Å²) in [6.45, 7) is 0. The van der Waals surface area contributed by atoms with Crippen molar-refractivity contribution in [3.05, 3.63) is 138 Å². The number of methoxy groups -OCH3 is 2. The standard InChI is InChI=1S/C36H26N4O2/c1-41-30-20-17-26-32-24(30)14-9-15-28(32)40(39-35(26)23-12-7-4-8-13-23)29-19-16-25-31(42-2)21-18-27-33(25)36(29)38-37-34(27)22-10-5-3-6-11-22/h3-21,38H,1-2H3. The number of rotatable bonds is 5.